The molecule has 0 aliphatic rings. The van der Waals surface area contributed by atoms with E-state index in [1.165, 1.54) is 22.3 Å². The second kappa shape index (κ2) is 7.42. The van der Waals surface area contributed by atoms with Gasteiger partial charge >= 0.3 is 0 Å². The van der Waals surface area contributed by atoms with Gasteiger partial charge in [0.25, 0.3) is 0 Å². The van der Waals surface area contributed by atoms with Crippen LogP contribution in [0.2, 0.25) is 0 Å². The van der Waals surface area contributed by atoms with Gasteiger partial charge in [0.2, 0.25) is 0 Å². The van der Waals surface area contributed by atoms with Crippen LogP contribution in [0.25, 0.3) is 0 Å². The summed E-state index contributed by atoms with van der Waals surface area (Å²) in [5, 5.41) is 0. The highest BCUT2D eigenvalue weighted by atomic mass is 14.6. The third kappa shape index (κ3) is 5.02. The van der Waals surface area contributed by atoms with Gasteiger partial charge in [-0.15, -0.1) is 0 Å². The molecule has 0 bridgehead atoms. The molecule has 0 aliphatic carbocycles. The van der Waals surface area contributed by atoms with E-state index in [9.17, 15) is 0 Å². The highest BCUT2D eigenvalue weighted by Gasteiger charge is 2.08. The third-order valence-corrected chi connectivity index (χ3v) is 3.89. The standard InChI is InChI=1S/C20H27N/c1-15(2)13-18-5-4-6-19(14-18)20(21)12-11-17-9-7-16(3)8-10-17/h4-10,14-15,20H,11-13,21H2,1-3H3. The van der Waals surface area contributed by atoms with Crippen LogP contribution in [-0.2, 0) is 12.8 Å². The lowest BCUT2D eigenvalue weighted by atomic mass is 9.95. The summed E-state index contributed by atoms with van der Waals surface area (Å²) < 4.78 is 0. The van der Waals surface area contributed by atoms with Gasteiger partial charge in [0, 0.05) is 6.04 Å². The molecule has 2 aromatic carbocycles. The molecule has 0 amide bonds. The lowest BCUT2D eigenvalue weighted by Crippen LogP contribution is -2.12. The summed E-state index contributed by atoms with van der Waals surface area (Å²) in [7, 11) is 0. The Morgan fingerprint density at radius 2 is 1.67 bits per heavy atom. The van der Waals surface area contributed by atoms with E-state index < -0.39 is 0 Å². The first-order valence-electron chi connectivity index (χ1n) is 7.94. The van der Waals surface area contributed by atoms with Crippen molar-refractivity contribution in [3.63, 3.8) is 0 Å². The molecule has 0 radical (unpaired) electrons. The van der Waals surface area contributed by atoms with E-state index in [0.29, 0.717) is 5.92 Å². The topological polar surface area (TPSA) is 26.0 Å². The molecule has 0 heterocycles. The maximum Gasteiger partial charge on any atom is 0.0298 e. The van der Waals surface area contributed by atoms with Crippen LogP contribution in [0, 0.1) is 12.8 Å². The number of aryl methyl sites for hydroxylation is 2. The summed E-state index contributed by atoms with van der Waals surface area (Å²) in [5.74, 6) is 0.684. The minimum absolute atomic E-state index is 0.124. The molecule has 0 aromatic heterocycles. The van der Waals surface area contributed by atoms with E-state index in [1.54, 1.807) is 0 Å². The summed E-state index contributed by atoms with van der Waals surface area (Å²) in [5.41, 5.74) is 11.7. The summed E-state index contributed by atoms with van der Waals surface area (Å²) in [6.45, 7) is 6.63. The molecular weight excluding hydrogens is 254 g/mol. The average Bonchev–Trinajstić information content (AvgIpc) is 2.46. The van der Waals surface area contributed by atoms with Crippen LogP contribution >= 0.6 is 0 Å². The van der Waals surface area contributed by atoms with Gasteiger partial charge in [0.05, 0.1) is 0 Å². The zero-order valence-corrected chi connectivity index (χ0v) is 13.5. The largest absolute Gasteiger partial charge is 0.324 e. The van der Waals surface area contributed by atoms with Gasteiger partial charge in [-0.2, -0.15) is 0 Å². The van der Waals surface area contributed by atoms with Crippen molar-refractivity contribution in [2.75, 3.05) is 0 Å². The molecule has 2 rings (SSSR count). The fourth-order valence-corrected chi connectivity index (χ4v) is 2.67. The van der Waals surface area contributed by atoms with Crippen LogP contribution in [0.5, 0.6) is 0 Å². The fourth-order valence-electron chi connectivity index (χ4n) is 2.67. The Morgan fingerprint density at radius 3 is 2.33 bits per heavy atom. The van der Waals surface area contributed by atoms with Gasteiger partial charge in [-0.25, -0.2) is 0 Å². The summed E-state index contributed by atoms with van der Waals surface area (Å²) in [4.78, 5) is 0. The highest BCUT2D eigenvalue weighted by molar-refractivity contribution is 5.27. The van der Waals surface area contributed by atoms with Gasteiger partial charge in [0.1, 0.15) is 0 Å². The second-order valence-electron chi connectivity index (χ2n) is 6.47. The van der Waals surface area contributed by atoms with Crippen molar-refractivity contribution < 1.29 is 0 Å². The molecule has 112 valence electrons. The van der Waals surface area contributed by atoms with Crippen LogP contribution in [0.1, 0.15) is 48.6 Å². The minimum atomic E-state index is 0.124. The Hall–Kier alpha value is -1.60. The van der Waals surface area contributed by atoms with Crippen LogP contribution in [-0.4, -0.2) is 0 Å². The van der Waals surface area contributed by atoms with E-state index in [2.05, 4.69) is 69.3 Å². The van der Waals surface area contributed by atoms with Crippen molar-refractivity contribution in [3.8, 4) is 0 Å². The Bertz CT molecular complexity index is 554. The predicted molar refractivity (Wildman–Crippen MR) is 91.4 cm³/mol. The first-order chi connectivity index (χ1) is 10.0. The van der Waals surface area contributed by atoms with E-state index >= 15 is 0 Å². The first-order valence-corrected chi connectivity index (χ1v) is 7.94. The van der Waals surface area contributed by atoms with E-state index in [-0.39, 0.29) is 6.04 Å². The van der Waals surface area contributed by atoms with Gasteiger partial charge < -0.3 is 5.73 Å². The molecule has 0 fully saturated rings. The Morgan fingerprint density at radius 1 is 0.952 bits per heavy atom. The first kappa shape index (κ1) is 15.8. The van der Waals surface area contributed by atoms with Crippen LogP contribution in [0.4, 0.5) is 0 Å². The average molecular weight is 281 g/mol. The molecule has 0 spiro atoms. The number of benzene rings is 2. The summed E-state index contributed by atoms with van der Waals surface area (Å²) in [6, 6.07) is 17.7. The Kier molecular flexibility index (Phi) is 5.58. The smallest absolute Gasteiger partial charge is 0.0298 e. The molecule has 1 nitrogen and oxygen atoms in total. The maximum atomic E-state index is 6.37. The fraction of sp³-hybridized carbons (Fsp3) is 0.400. The monoisotopic (exact) mass is 281 g/mol. The normalized spacial score (nSPS) is 12.6. The van der Waals surface area contributed by atoms with E-state index in [0.717, 1.165) is 19.3 Å². The molecule has 2 N–H and O–H groups in total. The van der Waals surface area contributed by atoms with Crippen molar-refractivity contribution in [1.82, 2.24) is 0 Å². The van der Waals surface area contributed by atoms with Crippen molar-refractivity contribution in [2.45, 2.75) is 46.1 Å². The van der Waals surface area contributed by atoms with Crippen LogP contribution in [0.3, 0.4) is 0 Å². The summed E-state index contributed by atoms with van der Waals surface area (Å²) >= 11 is 0. The van der Waals surface area contributed by atoms with Crippen molar-refractivity contribution in [1.29, 1.82) is 0 Å². The zero-order chi connectivity index (χ0) is 15.2. The van der Waals surface area contributed by atoms with Gasteiger partial charge in [-0.1, -0.05) is 67.9 Å². The molecular formula is C20H27N. The number of hydrogen-bond donors (Lipinski definition) is 1. The van der Waals surface area contributed by atoms with E-state index in [1.807, 2.05) is 0 Å². The van der Waals surface area contributed by atoms with Gasteiger partial charge in [-0.3, -0.25) is 0 Å². The highest BCUT2D eigenvalue weighted by Crippen LogP contribution is 2.19. The third-order valence-electron chi connectivity index (χ3n) is 3.89. The predicted octanol–water partition coefficient (Wildman–Crippen LogP) is 4.83. The number of rotatable bonds is 6. The van der Waals surface area contributed by atoms with Crippen molar-refractivity contribution in [3.05, 3.63) is 70.8 Å². The quantitative estimate of drug-likeness (QED) is 0.806. The minimum Gasteiger partial charge on any atom is -0.324 e. The van der Waals surface area contributed by atoms with Crippen LogP contribution < -0.4 is 5.73 Å². The van der Waals surface area contributed by atoms with Crippen molar-refractivity contribution >= 4 is 0 Å². The second-order valence-corrected chi connectivity index (χ2v) is 6.47. The molecule has 0 saturated heterocycles. The van der Waals surface area contributed by atoms with Gasteiger partial charge in [-0.05, 0) is 48.8 Å². The number of hydrogen-bond acceptors (Lipinski definition) is 1. The van der Waals surface area contributed by atoms with Crippen LogP contribution in [0.15, 0.2) is 48.5 Å². The lowest BCUT2D eigenvalue weighted by molar-refractivity contribution is 0.635. The molecule has 1 atom stereocenters. The molecule has 2 aromatic rings. The molecule has 21 heavy (non-hydrogen) atoms. The lowest BCUT2D eigenvalue weighted by Gasteiger charge is -2.14. The van der Waals surface area contributed by atoms with E-state index in [4.69, 9.17) is 5.73 Å². The SMILES string of the molecule is Cc1ccc(CCC(N)c2cccc(CC(C)C)c2)cc1. The van der Waals surface area contributed by atoms with Crippen molar-refractivity contribution in [2.24, 2.45) is 11.7 Å². The maximum absolute atomic E-state index is 6.37. The molecule has 0 saturated carbocycles. The van der Waals surface area contributed by atoms with Gasteiger partial charge in [0.15, 0.2) is 0 Å². The molecule has 1 heteroatoms. The Labute approximate surface area is 129 Å². The summed E-state index contributed by atoms with van der Waals surface area (Å²) in [6.07, 6.45) is 3.16. The zero-order valence-electron chi connectivity index (χ0n) is 13.5. The Balaban J connectivity index is 1.96. The number of nitrogens with two attached hydrogens (primary N) is 1. The molecule has 0 aliphatic heterocycles. The molecule has 1 unspecified atom stereocenters.